The lowest BCUT2D eigenvalue weighted by Gasteiger charge is -2.13. The van der Waals surface area contributed by atoms with Crippen LogP contribution in [0, 0.1) is 10.7 Å². The van der Waals surface area contributed by atoms with Crippen LogP contribution in [0.5, 0.6) is 0 Å². The van der Waals surface area contributed by atoms with Crippen LogP contribution in [0.15, 0.2) is 17.5 Å². The molecular formula is C13H16N4OS2. The summed E-state index contributed by atoms with van der Waals surface area (Å²) in [5, 5.41) is 12.0. The normalized spacial score (nSPS) is 16.1. The summed E-state index contributed by atoms with van der Waals surface area (Å²) in [6.45, 7) is 2.27. The van der Waals surface area contributed by atoms with Crippen molar-refractivity contribution in [2.75, 3.05) is 0 Å². The number of H-pyrrole nitrogens is 1. The zero-order chi connectivity index (χ0) is 14.1. The van der Waals surface area contributed by atoms with Crippen molar-refractivity contribution in [3.8, 4) is 10.7 Å². The standard InChI is InChI=1S/C13H16N4OS2/c1-8(9-4-5-9)14-11(18)7-17-12(15-16-13(17)19)10-3-2-6-20-10/h2-3,6,8-9H,4-5,7H2,1H3,(H,14,18)(H,16,19). The third kappa shape index (κ3) is 2.83. The van der Waals surface area contributed by atoms with Crippen molar-refractivity contribution in [2.24, 2.45) is 5.92 Å². The summed E-state index contributed by atoms with van der Waals surface area (Å²) in [5.41, 5.74) is 0. The molecule has 106 valence electrons. The van der Waals surface area contributed by atoms with Gasteiger partial charge in [0, 0.05) is 6.04 Å². The van der Waals surface area contributed by atoms with Gasteiger partial charge in [0.15, 0.2) is 10.6 Å². The van der Waals surface area contributed by atoms with Crippen LogP contribution in [-0.2, 0) is 11.3 Å². The number of amides is 1. The highest BCUT2D eigenvalue weighted by atomic mass is 32.1. The van der Waals surface area contributed by atoms with Crippen LogP contribution in [0.4, 0.5) is 0 Å². The van der Waals surface area contributed by atoms with E-state index in [9.17, 15) is 4.79 Å². The predicted molar refractivity (Wildman–Crippen MR) is 81.1 cm³/mol. The van der Waals surface area contributed by atoms with Crippen LogP contribution < -0.4 is 5.32 Å². The van der Waals surface area contributed by atoms with Crippen LogP contribution in [0.2, 0.25) is 0 Å². The molecule has 1 atom stereocenters. The number of carbonyl (C=O) groups is 1. The molecule has 0 aliphatic heterocycles. The minimum Gasteiger partial charge on any atom is -0.352 e. The van der Waals surface area contributed by atoms with Gasteiger partial charge in [0.1, 0.15) is 6.54 Å². The smallest absolute Gasteiger partial charge is 0.240 e. The van der Waals surface area contributed by atoms with E-state index in [1.54, 1.807) is 15.9 Å². The molecule has 3 rings (SSSR count). The van der Waals surface area contributed by atoms with Gasteiger partial charge >= 0.3 is 0 Å². The predicted octanol–water partition coefficient (Wildman–Crippen LogP) is 2.58. The van der Waals surface area contributed by atoms with Gasteiger partial charge in [-0.1, -0.05) is 6.07 Å². The maximum absolute atomic E-state index is 12.1. The molecule has 2 aromatic rings. The summed E-state index contributed by atoms with van der Waals surface area (Å²) in [7, 11) is 0. The van der Waals surface area contributed by atoms with E-state index in [0.717, 1.165) is 10.7 Å². The Labute approximate surface area is 126 Å². The van der Waals surface area contributed by atoms with E-state index < -0.39 is 0 Å². The van der Waals surface area contributed by atoms with E-state index in [2.05, 4.69) is 22.4 Å². The van der Waals surface area contributed by atoms with Crippen molar-refractivity contribution in [1.29, 1.82) is 0 Å². The Morgan fingerprint density at radius 2 is 2.50 bits per heavy atom. The van der Waals surface area contributed by atoms with Crippen molar-refractivity contribution >= 4 is 29.5 Å². The minimum atomic E-state index is -0.0142. The lowest BCUT2D eigenvalue weighted by molar-refractivity contribution is -0.122. The van der Waals surface area contributed by atoms with Gasteiger partial charge in [-0.25, -0.2) is 0 Å². The fraction of sp³-hybridized carbons (Fsp3) is 0.462. The SMILES string of the molecule is CC(NC(=O)Cn1c(-c2cccs2)n[nH]c1=S)C1CC1. The van der Waals surface area contributed by atoms with Crippen molar-refractivity contribution in [3.05, 3.63) is 22.3 Å². The first-order chi connectivity index (χ1) is 9.65. The van der Waals surface area contributed by atoms with Gasteiger partial charge < -0.3 is 5.32 Å². The molecule has 2 aromatic heterocycles. The van der Waals surface area contributed by atoms with Crippen LogP contribution in [0.25, 0.3) is 10.7 Å². The van der Waals surface area contributed by atoms with E-state index in [0.29, 0.717) is 10.7 Å². The molecule has 1 saturated carbocycles. The monoisotopic (exact) mass is 308 g/mol. The Bertz CT molecular complexity index is 654. The topological polar surface area (TPSA) is 62.7 Å². The van der Waals surface area contributed by atoms with Crippen molar-refractivity contribution < 1.29 is 4.79 Å². The minimum absolute atomic E-state index is 0.0142. The van der Waals surface area contributed by atoms with Crippen molar-refractivity contribution in [2.45, 2.75) is 32.4 Å². The molecule has 2 heterocycles. The molecule has 0 saturated heterocycles. The van der Waals surface area contributed by atoms with Crippen LogP contribution in [-0.4, -0.2) is 26.7 Å². The summed E-state index contributed by atoms with van der Waals surface area (Å²) in [4.78, 5) is 13.1. The van der Waals surface area contributed by atoms with Crippen LogP contribution >= 0.6 is 23.6 Å². The molecule has 1 aliphatic rings. The Morgan fingerprint density at radius 3 is 3.15 bits per heavy atom. The first kappa shape index (κ1) is 13.5. The number of hydrogen-bond donors (Lipinski definition) is 2. The zero-order valence-electron chi connectivity index (χ0n) is 11.1. The number of thiophene rings is 1. The molecule has 0 radical (unpaired) electrons. The van der Waals surface area contributed by atoms with Gasteiger partial charge in [-0.15, -0.1) is 11.3 Å². The third-order valence-electron chi connectivity index (χ3n) is 3.52. The lowest BCUT2D eigenvalue weighted by Crippen LogP contribution is -2.36. The molecule has 7 heteroatoms. The second kappa shape index (κ2) is 5.49. The Kier molecular flexibility index (Phi) is 3.71. The second-order valence-electron chi connectivity index (χ2n) is 5.11. The summed E-state index contributed by atoms with van der Waals surface area (Å²) in [6, 6.07) is 4.17. The average Bonchev–Trinajstić information content (AvgIpc) is 3.03. The number of rotatable bonds is 5. The highest BCUT2D eigenvalue weighted by Gasteiger charge is 2.29. The van der Waals surface area contributed by atoms with Gasteiger partial charge in [-0.05, 0) is 49.3 Å². The molecule has 1 fully saturated rings. The van der Waals surface area contributed by atoms with E-state index in [4.69, 9.17) is 12.2 Å². The first-order valence-corrected chi connectivity index (χ1v) is 7.92. The maximum Gasteiger partial charge on any atom is 0.240 e. The Morgan fingerprint density at radius 1 is 1.70 bits per heavy atom. The highest BCUT2D eigenvalue weighted by Crippen LogP contribution is 2.32. The number of aromatic amines is 1. The van der Waals surface area contributed by atoms with Gasteiger partial charge in [0.05, 0.1) is 4.88 Å². The average molecular weight is 308 g/mol. The number of nitrogens with zero attached hydrogens (tertiary/aromatic N) is 2. The van der Waals surface area contributed by atoms with Crippen LogP contribution in [0.1, 0.15) is 19.8 Å². The van der Waals surface area contributed by atoms with Gasteiger partial charge in [-0.2, -0.15) is 5.10 Å². The molecule has 0 aromatic carbocycles. The molecule has 0 spiro atoms. The summed E-state index contributed by atoms with van der Waals surface area (Å²) >= 11 is 6.79. The molecular weight excluding hydrogens is 292 g/mol. The molecule has 1 unspecified atom stereocenters. The molecule has 0 bridgehead atoms. The lowest BCUT2D eigenvalue weighted by atomic mass is 10.2. The molecule has 20 heavy (non-hydrogen) atoms. The number of aromatic nitrogens is 3. The van der Waals surface area contributed by atoms with Crippen molar-refractivity contribution in [3.63, 3.8) is 0 Å². The van der Waals surface area contributed by atoms with Crippen molar-refractivity contribution in [1.82, 2.24) is 20.1 Å². The number of nitrogens with one attached hydrogen (secondary N) is 2. The molecule has 5 nitrogen and oxygen atoms in total. The van der Waals surface area contributed by atoms with Crippen LogP contribution in [0.3, 0.4) is 0 Å². The zero-order valence-corrected chi connectivity index (χ0v) is 12.8. The molecule has 1 amide bonds. The molecule has 1 aliphatic carbocycles. The Balaban J connectivity index is 1.75. The van der Waals surface area contributed by atoms with Gasteiger partial charge in [0.25, 0.3) is 0 Å². The van der Waals surface area contributed by atoms with E-state index in [1.807, 2.05) is 17.5 Å². The summed E-state index contributed by atoms with van der Waals surface area (Å²) < 4.78 is 2.22. The second-order valence-corrected chi connectivity index (χ2v) is 6.44. The first-order valence-electron chi connectivity index (χ1n) is 6.63. The van der Waals surface area contributed by atoms with E-state index in [1.165, 1.54) is 12.8 Å². The van der Waals surface area contributed by atoms with Gasteiger partial charge in [-0.3, -0.25) is 14.5 Å². The summed E-state index contributed by atoms with van der Waals surface area (Å²) in [6.07, 6.45) is 2.43. The Hall–Kier alpha value is -1.47. The van der Waals surface area contributed by atoms with Gasteiger partial charge in [0.2, 0.25) is 5.91 Å². The quantitative estimate of drug-likeness (QED) is 0.835. The maximum atomic E-state index is 12.1. The summed E-state index contributed by atoms with van der Waals surface area (Å²) in [5.74, 6) is 1.35. The largest absolute Gasteiger partial charge is 0.352 e. The fourth-order valence-electron chi connectivity index (χ4n) is 2.22. The highest BCUT2D eigenvalue weighted by molar-refractivity contribution is 7.71. The van der Waals surface area contributed by atoms with E-state index >= 15 is 0 Å². The third-order valence-corrected chi connectivity index (χ3v) is 4.70. The number of carbonyl (C=O) groups excluding carboxylic acids is 1. The fourth-order valence-corrected chi connectivity index (χ4v) is 3.13. The van der Waals surface area contributed by atoms with E-state index in [-0.39, 0.29) is 18.5 Å². The molecule has 2 N–H and O–H groups in total. The number of hydrogen-bond acceptors (Lipinski definition) is 4.